The molecule has 0 unspecified atom stereocenters. The number of benzene rings is 1. The van der Waals surface area contributed by atoms with Crippen molar-refractivity contribution in [2.45, 2.75) is 13.5 Å². The Morgan fingerprint density at radius 3 is 2.50 bits per heavy atom. The van der Waals surface area contributed by atoms with Gasteiger partial charge in [0.1, 0.15) is 0 Å². The van der Waals surface area contributed by atoms with Gasteiger partial charge in [-0.2, -0.15) is 0 Å². The first-order valence-corrected chi connectivity index (χ1v) is 5.65. The van der Waals surface area contributed by atoms with Crippen LogP contribution in [0.4, 0.5) is 0 Å². The van der Waals surface area contributed by atoms with Crippen LogP contribution in [0.3, 0.4) is 0 Å². The summed E-state index contributed by atoms with van der Waals surface area (Å²) >= 11 is 0. The summed E-state index contributed by atoms with van der Waals surface area (Å²) in [6.07, 6.45) is 2.81. The van der Waals surface area contributed by atoms with E-state index in [2.05, 4.69) is 5.10 Å². The van der Waals surface area contributed by atoms with Gasteiger partial charge >= 0.3 is 0 Å². The number of hydrogen-bond acceptors (Lipinski definition) is 3. The van der Waals surface area contributed by atoms with Crippen molar-refractivity contribution >= 4 is 6.08 Å². The first-order chi connectivity index (χ1) is 8.74. The molecule has 0 atom stereocenters. The van der Waals surface area contributed by atoms with Gasteiger partial charge in [-0.25, -0.2) is 0 Å². The lowest BCUT2D eigenvalue weighted by Crippen LogP contribution is -2.34. The summed E-state index contributed by atoms with van der Waals surface area (Å²) in [4.78, 5) is 0. The molecule has 0 spiro atoms. The maximum absolute atomic E-state index is 11.5. The van der Waals surface area contributed by atoms with Gasteiger partial charge in [-0.1, -0.05) is 35.0 Å². The largest absolute Gasteiger partial charge is 0.591 e. The Bertz CT molecular complexity index is 521. The lowest BCUT2D eigenvalue weighted by atomic mass is 10.2. The summed E-state index contributed by atoms with van der Waals surface area (Å²) in [5.41, 5.74) is 2.05. The molecule has 0 aliphatic heterocycles. The van der Waals surface area contributed by atoms with Crippen LogP contribution in [0.2, 0.25) is 0 Å². The zero-order valence-corrected chi connectivity index (χ0v) is 10.1. The van der Waals surface area contributed by atoms with Crippen LogP contribution >= 0.6 is 0 Å². The molecule has 2 aromatic rings. The highest BCUT2D eigenvalue weighted by atomic mass is 16.6. The van der Waals surface area contributed by atoms with Gasteiger partial charge in [0.05, 0.1) is 0 Å². The van der Waals surface area contributed by atoms with Gasteiger partial charge in [-0.3, -0.25) is 0 Å². The van der Waals surface area contributed by atoms with E-state index in [1.807, 2.05) is 49.4 Å². The fourth-order valence-electron chi connectivity index (χ4n) is 1.40. The summed E-state index contributed by atoms with van der Waals surface area (Å²) in [6.45, 7) is 2.20. The maximum Gasteiger partial charge on any atom is 0.222 e. The molecule has 92 valence electrons. The van der Waals surface area contributed by atoms with E-state index in [9.17, 15) is 5.11 Å². The van der Waals surface area contributed by atoms with Gasteiger partial charge in [0.15, 0.2) is 0 Å². The molecule has 0 saturated carbocycles. The van der Waals surface area contributed by atoms with Crippen molar-refractivity contribution in [3.05, 3.63) is 66.0 Å². The Labute approximate surface area is 106 Å². The highest BCUT2D eigenvalue weighted by Gasteiger charge is 1.97. The number of hydrogen-bond donors (Lipinski definition) is 0. The third-order valence-electron chi connectivity index (χ3n) is 2.38. The van der Waals surface area contributed by atoms with Crippen LogP contribution in [0.1, 0.15) is 11.1 Å². The SMILES string of the molecule is Cc1cc[n+](/N=C(\[O-])OCc2ccccc2)cc1. The Hall–Kier alpha value is -2.36. The maximum atomic E-state index is 11.5. The van der Waals surface area contributed by atoms with Crippen molar-refractivity contribution in [2.75, 3.05) is 0 Å². The molecule has 1 heterocycles. The molecular weight excluding hydrogens is 228 g/mol. The lowest BCUT2D eigenvalue weighted by molar-refractivity contribution is -0.683. The normalized spacial score (nSPS) is 11.3. The summed E-state index contributed by atoms with van der Waals surface area (Å²) in [5, 5.41) is 15.2. The van der Waals surface area contributed by atoms with Crippen molar-refractivity contribution in [3.8, 4) is 0 Å². The van der Waals surface area contributed by atoms with E-state index in [-0.39, 0.29) is 6.61 Å². The summed E-state index contributed by atoms with van der Waals surface area (Å²) in [6, 6.07) is 13.2. The fourth-order valence-corrected chi connectivity index (χ4v) is 1.40. The van der Waals surface area contributed by atoms with Gasteiger partial charge in [-0.15, -0.1) is 0 Å². The predicted molar refractivity (Wildman–Crippen MR) is 65.4 cm³/mol. The highest BCUT2D eigenvalue weighted by Crippen LogP contribution is 1.99. The lowest BCUT2D eigenvalue weighted by Gasteiger charge is -2.11. The minimum atomic E-state index is -0.604. The smallest absolute Gasteiger partial charge is 0.222 e. The van der Waals surface area contributed by atoms with Crippen LogP contribution in [-0.4, -0.2) is 6.08 Å². The van der Waals surface area contributed by atoms with E-state index in [0.717, 1.165) is 11.1 Å². The van der Waals surface area contributed by atoms with Crippen LogP contribution in [0.5, 0.6) is 0 Å². The zero-order chi connectivity index (χ0) is 12.8. The van der Waals surface area contributed by atoms with Gasteiger partial charge in [0.2, 0.25) is 18.5 Å². The minimum absolute atomic E-state index is 0.232. The van der Waals surface area contributed by atoms with E-state index in [4.69, 9.17) is 4.74 Å². The molecule has 1 aromatic heterocycles. The third kappa shape index (κ3) is 3.59. The first kappa shape index (κ1) is 12.1. The standard InChI is InChI=1S/C14H14N2O2/c1-12-7-9-16(10-8-12)15-14(17)18-11-13-5-3-2-4-6-13/h2-10H,11H2,1H3. The van der Waals surface area contributed by atoms with Gasteiger partial charge in [-0.05, 0) is 18.1 Å². The summed E-state index contributed by atoms with van der Waals surface area (Å²) < 4.78 is 6.47. The number of ether oxygens (including phenoxy) is 1. The van der Waals surface area contributed by atoms with Crippen LogP contribution < -0.4 is 9.78 Å². The van der Waals surface area contributed by atoms with Crippen molar-refractivity contribution in [3.63, 3.8) is 0 Å². The number of pyridine rings is 1. The molecular formula is C14H14N2O2. The highest BCUT2D eigenvalue weighted by molar-refractivity contribution is 5.60. The van der Waals surface area contributed by atoms with Crippen molar-refractivity contribution in [1.82, 2.24) is 0 Å². The number of nitrogens with zero attached hydrogens (tertiary/aromatic N) is 2. The van der Waals surface area contributed by atoms with E-state index in [1.165, 1.54) is 4.68 Å². The van der Waals surface area contributed by atoms with Crippen molar-refractivity contribution < 1.29 is 14.5 Å². The molecule has 0 aliphatic carbocycles. The van der Waals surface area contributed by atoms with Crippen LogP contribution in [0.15, 0.2) is 60.0 Å². The molecule has 0 N–H and O–H groups in total. The average Bonchev–Trinajstić information content (AvgIpc) is 2.40. The van der Waals surface area contributed by atoms with Gasteiger partial charge < -0.3 is 9.84 Å². The topological polar surface area (TPSA) is 48.5 Å². The van der Waals surface area contributed by atoms with Crippen molar-refractivity contribution in [2.24, 2.45) is 5.10 Å². The van der Waals surface area contributed by atoms with E-state index >= 15 is 0 Å². The summed E-state index contributed by atoms with van der Waals surface area (Å²) in [5.74, 6) is 0. The molecule has 0 bridgehead atoms. The van der Waals surface area contributed by atoms with E-state index in [0.29, 0.717) is 0 Å². The minimum Gasteiger partial charge on any atom is -0.591 e. The number of aryl methyl sites for hydroxylation is 1. The fraction of sp³-hybridized carbons (Fsp3) is 0.143. The van der Waals surface area contributed by atoms with Crippen LogP contribution in [0.25, 0.3) is 0 Å². The number of aromatic nitrogens is 1. The molecule has 18 heavy (non-hydrogen) atoms. The second-order valence-corrected chi connectivity index (χ2v) is 3.90. The average molecular weight is 242 g/mol. The second kappa shape index (κ2) is 5.82. The van der Waals surface area contributed by atoms with Gasteiger partial charge in [0.25, 0.3) is 0 Å². The van der Waals surface area contributed by atoms with E-state index < -0.39 is 6.08 Å². The predicted octanol–water partition coefficient (Wildman–Crippen LogP) is 0.979. The van der Waals surface area contributed by atoms with Crippen LogP contribution in [0, 0.1) is 6.92 Å². The third-order valence-corrected chi connectivity index (χ3v) is 2.38. The molecule has 0 fully saturated rings. The van der Waals surface area contributed by atoms with Gasteiger partial charge in [0, 0.05) is 23.8 Å². The molecule has 0 saturated heterocycles. The number of rotatable bonds is 3. The Morgan fingerprint density at radius 2 is 1.83 bits per heavy atom. The van der Waals surface area contributed by atoms with E-state index in [1.54, 1.807) is 12.4 Å². The Morgan fingerprint density at radius 1 is 1.17 bits per heavy atom. The van der Waals surface area contributed by atoms with Crippen LogP contribution in [-0.2, 0) is 11.3 Å². The molecule has 1 aromatic carbocycles. The molecule has 0 radical (unpaired) electrons. The zero-order valence-electron chi connectivity index (χ0n) is 10.1. The molecule has 4 nitrogen and oxygen atoms in total. The van der Waals surface area contributed by atoms with Crippen molar-refractivity contribution in [1.29, 1.82) is 0 Å². The first-order valence-electron chi connectivity index (χ1n) is 5.65. The monoisotopic (exact) mass is 242 g/mol. The second-order valence-electron chi connectivity index (χ2n) is 3.90. The Kier molecular flexibility index (Phi) is 3.91. The molecule has 2 rings (SSSR count). The summed E-state index contributed by atoms with van der Waals surface area (Å²) in [7, 11) is 0. The quantitative estimate of drug-likeness (QED) is 0.457. The molecule has 0 amide bonds. The Balaban J connectivity index is 1.95. The molecule has 4 heteroatoms. The molecule has 0 aliphatic rings.